The summed E-state index contributed by atoms with van der Waals surface area (Å²) in [5, 5.41) is 0. The molecule has 4 heteroatoms. The first-order valence-corrected chi connectivity index (χ1v) is 5.71. The minimum Gasteiger partial charge on any atom is -0.399 e. The lowest BCUT2D eigenvalue weighted by atomic mass is 10.2. The Morgan fingerprint density at radius 2 is 2.24 bits per heavy atom. The van der Waals surface area contributed by atoms with Crippen LogP contribution in [0.15, 0.2) is 36.7 Å². The zero-order valence-electron chi connectivity index (χ0n) is 9.97. The van der Waals surface area contributed by atoms with Crippen LogP contribution in [0, 0.1) is 0 Å². The Labute approximate surface area is 101 Å². The molecule has 0 amide bonds. The third-order valence-corrected chi connectivity index (χ3v) is 2.59. The van der Waals surface area contributed by atoms with Crippen molar-refractivity contribution in [3.05, 3.63) is 48.0 Å². The molecule has 2 N–H and O–H groups in total. The highest BCUT2D eigenvalue weighted by Crippen LogP contribution is 2.09. The van der Waals surface area contributed by atoms with Crippen molar-refractivity contribution >= 4 is 5.69 Å². The van der Waals surface area contributed by atoms with E-state index in [1.807, 2.05) is 30.5 Å². The van der Waals surface area contributed by atoms with E-state index in [1.54, 1.807) is 6.20 Å². The highest BCUT2D eigenvalue weighted by molar-refractivity contribution is 5.40. The lowest BCUT2D eigenvalue weighted by Crippen LogP contribution is -2.03. The minimum absolute atomic E-state index is 0.523. The van der Waals surface area contributed by atoms with E-state index in [0.717, 1.165) is 23.6 Å². The van der Waals surface area contributed by atoms with E-state index in [9.17, 15) is 0 Å². The van der Waals surface area contributed by atoms with Crippen LogP contribution in [0.1, 0.15) is 18.3 Å². The summed E-state index contributed by atoms with van der Waals surface area (Å²) in [7, 11) is 0. The summed E-state index contributed by atoms with van der Waals surface area (Å²) in [6.07, 6.45) is 3.75. The van der Waals surface area contributed by atoms with E-state index in [-0.39, 0.29) is 0 Å². The molecular formula is C13H17N3O. The largest absolute Gasteiger partial charge is 0.399 e. The maximum Gasteiger partial charge on any atom is 0.134 e. The van der Waals surface area contributed by atoms with Gasteiger partial charge in [-0.15, -0.1) is 0 Å². The molecular weight excluding hydrogens is 214 g/mol. The van der Waals surface area contributed by atoms with Crippen LogP contribution >= 0.6 is 0 Å². The summed E-state index contributed by atoms with van der Waals surface area (Å²) in [6, 6.07) is 7.73. The standard InChI is InChI=1S/C13H17N3O/c1-2-16-7-6-15-13(16)10-17-9-11-4-3-5-12(14)8-11/h3-8H,2,9-10,14H2,1H3. The number of nitrogens with zero attached hydrogens (tertiary/aromatic N) is 2. The number of rotatable bonds is 5. The molecule has 0 saturated carbocycles. The number of aromatic nitrogens is 2. The average Bonchev–Trinajstić information content (AvgIpc) is 2.77. The smallest absolute Gasteiger partial charge is 0.134 e. The Balaban J connectivity index is 1.87. The molecule has 17 heavy (non-hydrogen) atoms. The van der Waals surface area contributed by atoms with Gasteiger partial charge in [0.05, 0.1) is 6.61 Å². The van der Waals surface area contributed by atoms with Crippen molar-refractivity contribution in [1.82, 2.24) is 9.55 Å². The summed E-state index contributed by atoms with van der Waals surface area (Å²) < 4.78 is 7.69. The molecule has 0 unspecified atom stereocenters. The first-order chi connectivity index (χ1) is 8.29. The molecule has 0 atom stereocenters. The van der Waals surface area contributed by atoms with Gasteiger partial charge in [0, 0.05) is 24.6 Å². The molecule has 0 saturated heterocycles. The van der Waals surface area contributed by atoms with Crippen LogP contribution in [0.5, 0.6) is 0 Å². The number of imidazole rings is 1. The number of aryl methyl sites for hydroxylation is 1. The van der Waals surface area contributed by atoms with Crippen molar-refractivity contribution in [1.29, 1.82) is 0 Å². The fraction of sp³-hybridized carbons (Fsp3) is 0.308. The SMILES string of the molecule is CCn1ccnc1COCc1cccc(N)c1. The first-order valence-electron chi connectivity index (χ1n) is 5.71. The van der Waals surface area contributed by atoms with Crippen molar-refractivity contribution < 1.29 is 4.74 Å². The van der Waals surface area contributed by atoms with Gasteiger partial charge in [0.15, 0.2) is 0 Å². The van der Waals surface area contributed by atoms with E-state index in [1.165, 1.54) is 0 Å². The van der Waals surface area contributed by atoms with Gasteiger partial charge in [-0.2, -0.15) is 0 Å². The molecule has 0 aliphatic heterocycles. The van der Waals surface area contributed by atoms with Gasteiger partial charge >= 0.3 is 0 Å². The summed E-state index contributed by atoms with van der Waals surface area (Å²) >= 11 is 0. The first kappa shape index (κ1) is 11.7. The predicted octanol–water partition coefficient (Wildman–Crippen LogP) is 2.20. The predicted molar refractivity (Wildman–Crippen MR) is 67.2 cm³/mol. The van der Waals surface area contributed by atoms with Crippen molar-refractivity contribution in [2.24, 2.45) is 0 Å². The fourth-order valence-corrected chi connectivity index (χ4v) is 1.71. The second-order valence-electron chi connectivity index (χ2n) is 3.87. The van der Waals surface area contributed by atoms with Gasteiger partial charge in [-0.3, -0.25) is 0 Å². The van der Waals surface area contributed by atoms with Crippen LogP contribution in [0.4, 0.5) is 5.69 Å². The van der Waals surface area contributed by atoms with Crippen LogP contribution < -0.4 is 5.73 Å². The summed E-state index contributed by atoms with van der Waals surface area (Å²) in [5.41, 5.74) is 7.55. The van der Waals surface area contributed by atoms with E-state index in [2.05, 4.69) is 16.5 Å². The molecule has 1 aromatic heterocycles. The van der Waals surface area contributed by atoms with E-state index < -0.39 is 0 Å². The summed E-state index contributed by atoms with van der Waals surface area (Å²) in [6.45, 7) is 4.08. The van der Waals surface area contributed by atoms with Crippen LogP contribution in [-0.2, 0) is 24.5 Å². The molecule has 1 heterocycles. The average molecular weight is 231 g/mol. The van der Waals surface area contributed by atoms with Crippen LogP contribution in [0.25, 0.3) is 0 Å². The van der Waals surface area contributed by atoms with Crippen molar-refractivity contribution in [2.75, 3.05) is 5.73 Å². The molecule has 2 aromatic rings. The Morgan fingerprint density at radius 1 is 1.35 bits per heavy atom. The Bertz CT molecular complexity index is 479. The van der Waals surface area contributed by atoms with Gasteiger partial charge in [-0.05, 0) is 24.6 Å². The van der Waals surface area contributed by atoms with Crippen molar-refractivity contribution in [3.8, 4) is 0 Å². The summed E-state index contributed by atoms with van der Waals surface area (Å²) in [4.78, 5) is 4.25. The minimum atomic E-state index is 0.523. The second-order valence-corrected chi connectivity index (χ2v) is 3.87. The molecule has 0 aliphatic rings. The Hall–Kier alpha value is -1.81. The molecule has 0 bridgehead atoms. The second kappa shape index (κ2) is 5.50. The number of anilines is 1. The monoisotopic (exact) mass is 231 g/mol. The molecule has 2 rings (SSSR count). The van der Waals surface area contributed by atoms with Gasteiger partial charge < -0.3 is 15.0 Å². The quantitative estimate of drug-likeness (QED) is 0.803. The zero-order valence-corrected chi connectivity index (χ0v) is 9.97. The van der Waals surface area contributed by atoms with Crippen molar-refractivity contribution in [2.45, 2.75) is 26.7 Å². The van der Waals surface area contributed by atoms with Crippen LogP contribution in [0.3, 0.4) is 0 Å². The maximum atomic E-state index is 5.70. The third-order valence-electron chi connectivity index (χ3n) is 2.59. The molecule has 1 aromatic carbocycles. The Morgan fingerprint density at radius 3 is 3.00 bits per heavy atom. The lowest BCUT2D eigenvalue weighted by Gasteiger charge is -2.06. The number of benzene rings is 1. The highest BCUT2D eigenvalue weighted by Gasteiger charge is 2.01. The normalized spacial score (nSPS) is 10.6. The molecule has 90 valence electrons. The number of hydrogen-bond donors (Lipinski definition) is 1. The van der Waals surface area contributed by atoms with E-state index in [4.69, 9.17) is 10.5 Å². The number of ether oxygens (including phenoxy) is 1. The summed E-state index contributed by atoms with van der Waals surface area (Å²) in [5.74, 6) is 0.955. The van der Waals surface area contributed by atoms with Crippen LogP contribution in [0.2, 0.25) is 0 Å². The van der Waals surface area contributed by atoms with Gasteiger partial charge in [0.2, 0.25) is 0 Å². The van der Waals surface area contributed by atoms with E-state index >= 15 is 0 Å². The third kappa shape index (κ3) is 3.07. The van der Waals surface area contributed by atoms with Gasteiger partial charge in [-0.1, -0.05) is 12.1 Å². The molecule has 0 spiro atoms. The maximum absolute atomic E-state index is 5.70. The van der Waals surface area contributed by atoms with Crippen molar-refractivity contribution in [3.63, 3.8) is 0 Å². The molecule has 0 radical (unpaired) electrons. The van der Waals surface area contributed by atoms with Crippen LogP contribution in [-0.4, -0.2) is 9.55 Å². The lowest BCUT2D eigenvalue weighted by molar-refractivity contribution is 0.0995. The topological polar surface area (TPSA) is 53.1 Å². The molecule has 0 fully saturated rings. The Kier molecular flexibility index (Phi) is 3.77. The van der Waals surface area contributed by atoms with E-state index in [0.29, 0.717) is 13.2 Å². The van der Waals surface area contributed by atoms with Gasteiger partial charge in [-0.25, -0.2) is 4.98 Å². The number of nitrogen functional groups attached to an aromatic ring is 1. The highest BCUT2D eigenvalue weighted by atomic mass is 16.5. The van der Waals surface area contributed by atoms with Gasteiger partial charge in [0.1, 0.15) is 12.4 Å². The molecule has 0 aliphatic carbocycles. The number of hydrogen-bond acceptors (Lipinski definition) is 3. The molecule has 4 nitrogen and oxygen atoms in total. The number of nitrogens with two attached hydrogens (primary N) is 1. The fourth-order valence-electron chi connectivity index (χ4n) is 1.71. The van der Waals surface area contributed by atoms with Gasteiger partial charge in [0.25, 0.3) is 0 Å². The zero-order chi connectivity index (χ0) is 12.1.